The predicted octanol–water partition coefficient (Wildman–Crippen LogP) is 8.95. The van der Waals surface area contributed by atoms with Gasteiger partial charge in [0, 0.05) is 19.2 Å². The number of carbonyl (C=O) groups excluding carboxylic acids is 1. The van der Waals surface area contributed by atoms with Crippen LogP contribution in [0.25, 0.3) is 11.1 Å². The second-order valence-corrected chi connectivity index (χ2v) is 8.53. The highest BCUT2D eigenvalue weighted by Crippen LogP contribution is 2.32. The van der Waals surface area contributed by atoms with E-state index in [0.29, 0.717) is 18.7 Å². The van der Waals surface area contributed by atoms with Crippen LogP contribution in [0.4, 0.5) is 10.5 Å². The standard InChI is InChI=1S/C27H38N2O4.C2H6/c1-4-6-8-13-19-28(20-14-9-7-5-2)27(30)33-22(3)25-21-24(17-18-26(25)29(31)32)23-15-11-10-12-16-23;1-2/h10-12,15-18,21-22H,4-9,13-14,19-20H2,1-3H3;1-2H3. The first-order valence-corrected chi connectivity index (χ1v) is 13.3. The third-order valence-electron chi connectivity index (χ3n) is 5.87. The summed E-state index contributed by atoms with van der Waals surface area (Å²) < 4.78 is 5.78. The van der Waals surface area contributed by atoms with Crippen LogP contribution < -0.4 is 0 Å². The molecule has 0 fully saturated rings. The fraction of sp³-hybridized carbons (Fsp3) is 0.552. The molecule has 0 aliphatic carbocycles. The largest absolute Gasteiger partial charge is 0.441 e. The van der Waals surface area contributed by atoms with Gasteiger partial charge in [-0.15, -0.1) is 0 Å². The highest BCUT2D eigenvalue weighted by Gasteiger charge is 2.25. The molecule has 1 unspecified atom stereocenters. The van der Waals surface area contributed by atoms with E-state index in [1.165, 1.54) is 6.07 Å². The Labute approximate surface area is 211 Å². The third-order valence-corrected chi connectivity index (χ3v) is 5.87. The summed E-state index contributed by atoms with van der Waals surface area (Å²) in [5, 5.41) is 11.7. The zero-order chi connectivity index (χ0) is 26.1. The van der Waals surface area contributed by atoms with E-state index in [-0.39, 0.29) is 5.69 Å². The van der Waals surface area contributed by atoms with Crippen molar-refractivity contribution in [3.63, 3.8) is 0 Å². The minimum absolute atomic E-state index is 0.0348. The molecule has 0 bridgehead atoms. The molecule has 0 radical (unpaired) electrons. The van der Waals surface area contributed by atoms with Crippen molar-refractivity contribution in [1.29, 1.82) is 0 Å². The van der Waals surface area contributed by atoms with E-state index in [1.807, 2.05) is 44.2 Å². The fourth-order valence-corrected chi connectivity index (χ4v) is 3.90. The van der Waals surface area contributed by atoms with Gasteiger partial charge in [0.05, 0.1) is 10.5 Å². The van der Waals surface area contributed by atoms with E-state index in [9.17, 15) is 14.9 Å². The summed E-state index contributed by atoms with van der Waals surface area (Å²) in [6.07, 6.45) is 7.49. The Morgan fingerprint density at radius 3 is 1.97 bits per heavy atom. The number of carbonyl (C=O) groups is 1. The lowest BCUT2D eigenvalue weighted by Gasteiger charge is -2.24. The molecule has 0 heterocycles. The normalized spacial score (nSPS) is 11.2. The van der Waals surface area contributed by atoms with E-state index in [1.54, 1.807) is 24.0 Å². The Hall–Kier alpha value is -2.89. The molecule has 0 aliphatic rings. The Morgan fingerprint density at radius 2 is 1.46 bits per heavy atom. The van der Waals surface area contributed by atoms with Crippen molar-refractivity contribution in [1.82, 2.24) is 4.90 Å². The van der Waals surface area contributed by atoms with Crippen LogP contribution in [0.2, 0.25) is 0 Å². The maximum Gasteiger partial charge on any atom is 0.410 e. The number of hydrogen-bond acceptors (Lipinski definition) is 4. The molecule has 2 rings (SSSR count). The summed E-state index contributed by atoms with van der Waals surface area (Å²) in [6, 6.07) is 14.7. The molecule has 0 saturated heterocycles. The Bertz CT molecular complexity index is 858. The van der Waals surface area contributed by atoms with Crippen molar-refractivity contribution in [2.24, 2.45) is 0 Å². The van der Waals surface area contributed by atoms with E-state index < -0.39 is 17.1 Å². The van der Waals surface area contributed by atoms with Crippen LogP contribution in [0.5, 0.6) is 0 Å². The van der Waals surface area contributed by atoms with Gasteiger partial charge in [0.25, 0.3) is 5.69 Å². The Kier molecular flexibility index (Phi) is 15.1. The average molecular weight is 485 g/mol. The lowest BCUT2D eigenvalue weighted by molar-refractivity contribution is -0.386. The topological polar surface area (TPSA) is 72.7 Å². The number of nitro groups is 1. The van der Waals surface area contributed by atoms with Gasteiger partial charge in [-0.25, -0.2) is 4.79 Å². The van der Waals surface area contributed by atoms with E-state index in [4.69, 9.17) is 4.74 Å². The van der Waals surface area contributed by atoms with Crippen molar-refractivity contribution in [2.75, 3.05) is 13.1 Å². The van der Waals surface area contributed by atoms with Crippen molar-refractivity contribution in [2.45, 2.75) is 92.1 Å². The van der Waals surface area contributed by atoms with Crippen LogP contribution in [-0.2, 0) is 4.74 Å². The van der Waals surface area contributed by atoms with Crippen molar-refractivity contribution in [3.8, 4) is 11.1 Å². The molecule has 0 saturated carbocycles. The number of ether oxygens (including phenoxy) is 1. The third kappa shape index (κ3) is 10.5. The summed E-state index contributed by atoms with van der Waals surface area (Å²) in [6.45, 7) is 11.3. The van der Waals surface area contributed by atoms with Crippen molar-refractivity contribution >= 4 is 11.8 Å². The molecule has 2 aromatic rings. The molecule has 6 heteroatoms. The summed E-state index contributed by atoms with van der Waals surface area (Å²) in [5.41, 5.74) is 2.19. The van der Waals surface area contributed by atoms with Crippen molar-refractivity contribution < 1.29 is 14.5 Å². The van der Waals surface area contributed by atoms with Gasteiger partial charge in [-0.05, 0) is 43.0 Å². The van der Waals surface area contributed by atoms with Gasteiger partial charge in [-0.2, -0.15) is 0 Å². The molecular weight excluding hydrogens is 440 g/mol. The minimum Gasteiger partial charge on any atom is -0.441 e. The van der Waals surface area contributed by atoms with Crippen LogP contribution >= 0.6 is 0 Å². The highest BCUT2D eigenvalue weighted by molar-refractivity contribution is 5.69. The summed E-state index contributed by atoms with van der Waals surface area (Å²) in [4.78, 5) is 26.0. The Balaban J connectivity index is 0.00000298. The Morgan fingerprint density at radius 1 is 0.886 bits per heavy atom. The number of benzene rings is 2. The van der Waals surface area contributed by atoms with Gasteiger partial charge in [-0.1, -0.05) is 96.6 Å². The smallest absolute Gasteiger partial charge is 0.410 e. The average Bonchev–Trinajstić information content (AvgIpc) is 2.88. The number of unbranched alkanes of at least 4 members (excludes halogenated alkanes) is 6. The monoisotopic (exact) mass is 484 g/mol. The molecule has 0 N–H and O–H groups in total. The zero-order valence-electron chi connectivity index (χ0n) is 22.3. The first-order valence-electron chi connectivity index (χ1n) is 13.3. The summed E-state index contributed by atoms with van der Waals surface area (Å²) >= 11 is 0. The summed E-state index contributed by atoms with van der Waals surface area (Å²) in [5.74, 6) is 0. The SMILES string of the molecule is CC.CCCCCCN(CCCCCC)C(=O)OC(C)c1cc(-c2ccccc2)ccc1[N+](=O)[O-]. The first kappa shape index (κ1) is 30.1. The number of nitrogens with zero attached hydrogens (tertiary/aromatic N) is 2. The first-order chi connectivity index (χ1) is 17.0. The molecule has 0 aromatic heterocycles. The minimum atomic E-state index is -0.727. The van der Waals surface area contributed by atoms with E-state index >= 15 is 0 Å². The zero-order valence-corrected chi connectivity index (χ0v) is 22.3. The molecule has 35 heavy (non-hydrogen) atoms. The van der Waals surface area contributed by atoms with Gasteiger partial charge in [0.15, 0.2) is 0 Å². The summed E-state index contributed by atoms with van der Waals surface area (Å²) in [7, 11) is 0. The number of hydrogen-bond donors (Lipinski definition) is 0. The molecule has 0 spiro atoms. The van der Waals surface area contributed by atoms with Gasteiger partial charge in [-0.3, -0.25) is 10.1 Å². The number of amides is 1. The van der Waals surface area contributed by atoms with E-state index in [0.717, 1.165) is 62.5 Å². The van der Waals surface area contributed by atoms with Crippen molar-refractivity contribution in [3.05, 3.63) is 64.2 Å². The second-order valence-electron chi connectivity index (χ2n) is 8.53. The molecule has 0 aliphatic heterocycles. The van der Waals surface area contributed by atoms with Gasteiger partial charge in [0.2, 0.25) is 0 Å². The van der Waals surface area contributed by atoms with Gasteiger partial charge in [0.1, 0.15) is 6.10 Å². The molecule has 194 valence electrons. The molecule has 6 nitrogen and oxygen atoms in total. The van der Waals surface area contributed by atoms with Crippen LogP contribution in [-0.4, -0.2) is 29.0 Å². The maximum atomic E-state index is 13.0. The molecule has 1 amide bonds. The van der Waals surface area contributed by atoms with Crippen LogP contribution in [0.1, 0.15) is 97.7 Å². The van der Waals surface area contributed by atoms with E-state index in [2.05, 4.69) is 13.8 Å². The molecular formula is C29H44N2O4. The van der Waals surface area contributed by atoms with Crippen LogP contribution in [0, 0.1) is 10.1 Å². The maximum absolute atomic E-state index is 13.0. The predicted molar refractivity (Wildman–Crippen MR) is 145 cm³/mol. The van der Waals surface area contributed by atoms with Gasteiger partial charge < -0.3 is 9.64 Å². The van der Waals surface area contributed by atoms with Crippen LogP contribution in [0.3, 0.4) is 0 Å². The fourth-order valence-electron chi connectivity index (χ4n) is 3.90. The highest BCUT2D eigenvalue weighted by atomic mass is 16.6. The molecule has 1 atom stereocenters. The number of nitro benzene ring substituents is 1. The lowest BCUT2D eigenvalue weighted by atomic mass is 9.99. The van der Waals surface area contributed by atoms with Gasteiger partial charge >= 0.3 is 6.09 Å². The molecule has 2 aromatic carbocycles. The number of rotatable bonds is 14. The quantitative estimate of drug-likeness (QED) is 0.152. The second kappa shape index (κ2) is 17.5. The van der Waals surface area contributed by atoms with Crippen LogP contribution in [0.15, 0.2) is 48.5 Å². The lowest BCUT2D eigenvalue weighted by Crippen LogP contribution is -2.34.